The van der Waals surface area contributed by atoms with Crippen LogP contribution in [0.15, 0.2) is 22.7 Å². The average Bonchev–Trinajstić information content (AvgIpc) is 2.50. The van der Waals surface area contributed by atoms with E-state index >= 15 is 0 Å². The Bertz CT molecular complexity index is 445. The maximum atomic E-state index is 11.4. The summed E-state index contributed by atoms with van der Waals surface area (Å²) in [5.41, 5.74) is 1.70. The third kappa shape index (κ3) is 1.74. The highest BCUT2D eigenvalue weighted by atomic mass is 79.9. The number of halogens is 1. The van der Waals surface area contributed by atoms with Crippen molar-refractivity contribution in [1.29, 1.82) is 0 Å². The Kier molecular flexibility index (Phi) is 2.48. The van der Waals surface area contributed by atoms with Gasteiger partial charge in [-0.05, 0) is 24.6 Å². The maximum Gasteiger partial charge on any atom is 0.329 e. The molecular formula is C10H9BrN2O2. The molecule has 78 valence electrons. The van der Waals surface area contributed by atoms with Crippen molar-refractivity contribution in [2.75, 3.05) is 11.4 Å². The number of nitrogens with zero attached hydrogens (tertiary/aromatic N) is 1. The van der Waals surface area contributed by atoms with Crippen LogP contribution in [-0.4, -0.2) is 18.5 Å². The highest BCUT2D eigenvalue weighted by Gasteiger charge is 2.28. The van der Waals surface area contributed by atoms with Crippen molar-refractivity contribution in [3.8, 4) is 0 Å². The van der Waals surface area contributed by atoms with Gasteiger partial charge in [0.2, 0.25) is 5.91 Å². The van der Waals surface area contributed by atoms with E-state index in [-0.39, 0.29) is 18.5 Å². The maximum absolute atomic E-state index is 11.4. The van der Waals surface area contributed by atoms with E-state index in [9.17, 15) is 9.59 Å². The van der Waals surface area contributed by atoms with Crippen molar-refractivity contribution in [2.24, 2.45) is 0 Å². The van der Waals surface area contributed by atoms with Gasteiger partial charge in [0.15, 0.2) is 0 Å². The van der Waals surface area contributed by atoms with E-state index in [1.807, 2.05) is 25.1 Å². The second-order valence-electron chi connectivity index (χ2n) is 3.32. The smallest absolute Gasteiger partial charge is 0.284 e. The van der Waals surface area contributed by atoms with E-state index in [2.05, 4.69) is 21.2 Å². The molecule has 1 aliphatic rings. The molecule has 1 aromatic carbocycles. The van der Waals surface area contributed by atoms with E-state index < -0.39 is 0 Å². The van der Waals surface area contributed by atoms with Gasteiger partial charge in [-0.1, -0.05) is 22.0 Å². The molecule has 1 aliphatic heterocycles. The number of rotatable bonds is 1. The number of hydrogen-bond acceptors (Lipinski definition) is 2. The zero-order chi connectivity index (χ0) is 11.0. The molecule has 4 nitrogen and oxygen atoms in total. The lowest BCUT2D eigenvalue weighted by molar-refractivity contribution is -0.117. The summed E-state index contributed by atoms with van der Waals surface area (Å²) in [5.74, 6) is -0.264. The number of benzene rings is 1. The fourth-order valence-corrected chi connectivity index (χ4v) is 1.88. The van der Waals surface area contributed by atoms with Crippen LogP contribution in [-0.2, 0) is 4.79 Å². The van der Waals surface area contributed by atoms with Gasteiger partial charge in [-0.25, -0.2) is 4.79 Å². The van der Waals surface area contributed by atoms with Gasteiger partial charge >= 0.3 is 6.03 Å². The third-order valence-corrected chi connectivity index (χ3v) is 3.18. The van der Waals surface area contributed by atoms with Gasteiger partial charge in [-0.2, -0.15) is 0 Å². The molecule has 3 amide bonds. The van der Waals surface area contributed by atoms with Crippen LogP contribution in [0.25, 0.3) is 0 Å². The molecule has 0 spiro atoms. The van der Waals surface area contributed by atoms with Crippen molar-refractivity contribution in [2.45, 2.75) is 6.92 Å². The average molecular weight is 269 g/mol. The summed E-state index contributed by atoms with van der Waals surface area (Å²) in [6, 6.07) is 5.19. The van der Waals surface area contributed by atoms with Gasteiger partial charge in [0.05, 0.1) is 5.69 Å². The molecular weight excluding hydrogens is 260 g/mol. The minimum atomic E-state index is -0.360. The minimum absolute atomic E-state index is 0.0934. The second kappa shape index (κ2) is 3.66. The van der Waals surface area contributed by atoms with Gasteiger partial charge in [-0.3, -0.25) is 15.0 Å². The van der Waals surface area contributed by atoms with Crippen LogP contribution in [0.4, 0.5) is 10.5 Å². The fraction of sp³-hybridized carbons (Fsp3) is 0.200. The lowest BCUT2D eigenvalue weighted by Crippen LogP contribution is -2.28. The van der Waals surface area contributed by atoms with Crippen molar-refractivity contribution in [1.82, 2.24) is 5.32 Å². The summed E-state index contributed by atoms with van der Waals surface area (Å²) in [4.78, 5) is 23.9. The highest BCUT2D eigenvalue weighted by Crippen LogP contribution is 2.27. The molecule has 1 fully saturated rings. The Balaban J connectivity index is 2.42. The Labute approximate surface area is 95.4 Å². The molecule has 2 rings (SSSR count). The molecule has 0 unspecified atom stereocenters. The summed E-state index contributed by atoms with van der Waals surface area (Å²) in [5, 5.41) is 2.24. The van der Waals surface area contributed by atoms with Crippen LogP contribution in [0.1, 0.15) is 5.56 Å². The van der Waals surface area contributed by atoms with Gasteiger partial charge < -0.3 is 0 Å². The van der Waals surface area contributed by atoms with Crippen LogP contribution in [0.3, 0.4) is 0 Å². The molecule has 1 heterocycles. The first kappa shape index (κ1) is 10.2. The number of carbonyl (C=O) groups is 2. The van der Waals surface area contributed by atoms with Crippen LogP contribution in [0.2, 0.25) is 0 Å². The van der Waals surface area contributed by atoms with Crippen molar-refractivity contribution in [3.05, 3.63) is 28.2 Å². The van der Waals surface area contributed by atoms with Crippen LogP contribution in [0, 0.1) is 6.92 Å². The molecule has 0 atom stereocenters. The van der Waals surface area contributed by atoms with Gasteiger partial charge in [0, 0.05) is 4.47 Å². The molecule has 0 aliphatic carbocycles. The van der Waals surface area contributed by atoms with E-state index in [0.29, 0.717) is 0 Å². The van der Waals surface area contributed by atoms with Crippen LogP contribution < -0.4 is 10.2 Å². The normalized spacial score (nSPS) is 15.7. The predicted molar refractivity (Wildman–Crippen MR) is 59.8 cm³/mol. The molecule has 1 N–H and O–H groups in total. The summed E-state index contributed by atoms with van der Waals surface area (Å²) < 4.78 is 0.923. The summed E-state index contributed by atoms with van der Waals surface area (Å²) in [6.07, 6.45) is 0. The van der Waals surface area contributed by atoms with Gasteiger partial charge in [-0.15, -0.1) is 0 Å². The van der Waals surface area contributed by atoms with Crippen molar-refractivity contribution in [3.63, 3.8) is 0 Å². The second-order valence-corrected chi connectivity index (χ2v) is 4.18. The van der Waals surface area contributed by atoms with E-state index in [1.165, 1.54) is 4.90 Å². The first-order valence-electron chi connectivity index (χ1n) is 4.46. The van der Waals surface area contributed by atoms with Crippen molar-refractivity contribution >= 4 is 33.6 Å². The van der Waals surface area contributed by atoms with Gasteiger partial charge in [0.25, 0.3) is 0 Å². The van der Waals surface area contributed by atoms with E-state index in [1.54, 1.807) is 0 Å². The number of anilines is 1. The Hall–Kier alpha value is -1.36. The lowest BCUT2D eigenvalue weighted by atomic mass is 10.2. The highest BCUT2D eigenvalue weighted by molar-refractivity contribution is 9.10. The minimum Gasteiger partial charge on any atom is -0.284 e. The quantitative estimate of drug-likeness (QED) is 0.790. The zero-order valence-corrected chi connectivity index (χ0v) is 9.67. The van der Waals surface area contributed by atoms with Crippen LogP contribution >= 0.6 is 15.9 Å². The molecule has 1 aromatic rings. The first-order chi connectivity index (χ1) is 7.09. The van der Waals surface area contributed by atoms with Gasteiger partial charge in [0.1, 0.15) is 6.54 Å². The standard InChI is InChI=1S/C10H9BrN2O2/c1-6-7(11)3-2-4-8(6)13-5-9(14)12-10(13)15/h2-4H,5H2,1H3,(H,12,14,15). The number of carbonyl (C=O) groups excluding carboxylic acids is 2. The Morgan fingerprint density at radius 1 is 1.40 bits per heavy atom. The number of amides is 3. The molecule has 15 heavy (non-hydrogen) atoms. The molecule has 0 aromatic heterocycles. The van der Waals surface area contributed by atoms with E-state index in [0.717, 1.165) is 15.7 Å². The summed E-state index contributed by atoms with van der Waals surface area (Å²) in [6.45, 7) is 1.99. The molecule has 0 bridgehead atoms. The monoisotopic (exact) mass is 268 g/mol. The topological polar surface area (TPSA) is 49.4 Å². The zero-order valence-electron chi connectivity index (χ0n) is 8.08. The third-order valence-electron chi connectivity index (χ3n) is 2.32. The number of imide groups is 1. The fourth-order valence-electron chi connectivity index (χ4n) is 1.52. The molecule has 0 radical (unpaired) electrons. The predicted octanol–water partition coefficient (Wildman–Crippen LogP) is 1.81. The summed E-state index contributed by atoms with van der Waals surface area (Å²) in [7, 11) is 0. The number of hydrogen-bond donors (Lipinski definition) is 1. The molecule has 5 heteroatoms. The SMILES string of the molecule is Cc1c(Br)cccc1N1CC(=O)NC1=O. The van der Waals surface area contributed by atoms with Crippen LogP contribution in [0.5, 0.6) is 0 Å². The largest absolute Gasteiger partial charge is 0.329 e. The summed E-state index contributed by atoms with van der Waals surface area (Å²) >= 11 is 3.38. The van der Waals surface area contributed by atoms with E-state index in [4.69, 9.17) is 0 Å². The number of urea groups is 1. The molecule has 0 saturated carbocycles. The Morgan fingerprint density at radius 2 is 2.13 bits per heavy atom. The first-order valence-corrected chi connectivity index (χ1v) is 5.25. The number of nitrogens with one attached hydrogen (secondary N) is 1. The van der Waals surface area contributed by atoms with Crippen molar-refractivity contribution < 1.29 is 9.59 Å². The Morgan fingerprint density at radius 3 is 2.73 bits per heavy atom. The molecule has 1 saturated heterocycles. The lowest BCUT2D eigenvalue weighted by Gasteiger charge is -2.16.